The van der Waals surface area contributed by atoms with Gasteiger partial charge in [-0.1, -0.05) is 19.1 Å². The van der Waals surface area contributed by atoms with E-state index in [1.807, 2.05) is 25.1 Å². The maximum atomic E-state index is 12.1. The van der Waals surface area contributed by atoms with Crippen molar-refractivity contribution in [2.24, 2.45) is 7.05 Å². The van der Waals surface area contributed by atoms with Crippen LogP contribution in [0.15, 0.2) is 29.1 Å². The van der Waals surface area contributed by atoms with Gasteiger partial charge in [0.15, 0.2) is 0 Å². The summed E-state index contributed by atoms with van der Waals surface area (Å²) in [5, 5.41) is 4.91. The number of rotatable bonds is 2. The molecule has 0 aliphatic heterocycles. The Hall–Kier alpha value is -2.63. The first-order valence-corrected chi connectivity index (χ1v) is 6.42. The number of nitrogens with one attached hydrogen (secondary N) is 1. The van der Waals surface area contributed by atoms with Gasteiger partial charge in [-0.05, 0) is 18.6 Å². The molecule has 20 heavy (non-hydrogen) atoms. The number of aromatic amines is 1. The summed E-state index contributed by atoms with van der Waals surface area (Å²) in [6.45, 7) is 1.99. The van der Waals surface area contributed by atoms with Crippen LogP contribution in [0.25, 0.3) is 22.3 Å². The molecule has 0 unspecified atom stereocenters. The minimum Gasteiger partial charge on any atom is -0.383 e. The zero-order valence-corrected chi connectivity index (χ0v) is 11.3. The number of nitrogens with two attached hydrogens (primary N) is 1. The summed E-state index contributed by atoms with van der Waals surface area (Å²) in [4.78, 5) is 19.4. The molecule has 0 bridgehead atoms. The van der Waals surface area contributed by atoms with E-state index in [-0.39, 0.29) is 5.56 Å². The lowest BCUT2D eigenvalue weighted by Crippen LogP contribution is -2.10. The zero-order valence-electron chi connectivity index (χ0n) is 11.3. The molecule has 6 nitrogen and oxygen atoms in total. The maximum Gasteiger partial charge on any atom is 0.259 e. The highest BCUT2D eigenvalue weighted by Crippen LogP contribution is 2.26. The first-order chi connectivity index (χ1) is 9.61. The summed E-state index contributed by atoms with van der Waals surface area (Å²) < 4.78 is 1.60. The molecule has 0 fully saturated rings. The molecule has 0 aliphatic rings. The van der Waals surface area contributed by atoms with E-state index in [9.17, 15) is 4.79 Å². The summed E-state index contributed by atoms with van der Waals surface area (Å²) in [6, 6.07) is 7.23. The van der Waals surface area contributed by atoms with Crippen LogP contribution in [0, 0.1) is 0 Å². The number of aromatic nitrogens is 4. The van der Waals surface area contributed by atoms with Crippen LogP contribution in [0.1, 0.15) is 12.6 Å². The van der Waals surface area contributed by atoms with E-state index in [0.29, 0.717) is 28.1 Å². The molecule has 0 amide bonds. The number of hydrogen-bond donors (Lipinski definition) is 2. The number of benzene rings is 1. The SMILES string of the molecule is CCc1nn(C)c(N)c1-c1nc2ccccc2c(=O)[nH]1. The fourth-order valence-corrected chi connectivity index (χ4v) is 2.30. The van der Waals surface area contributed by atoms with Crippen molar-refractivity contribution in [3.05, 3.63) is 40.3 Å². The molecule has 0 spiro atoms. The van der Waals surface area contributed by atoms with Gasteiger partial charge in [0, 0.05) is 7.05 Å². The lowest BCUT2D eigenvalue weighted by molar-refractivity contribution is 0.755. The number of fused-ring (bicyclic) bond motifs is 1. The van der Waals surface area contributed by atoms with Crippen molar-refractivity contribution in [1.29, 1.82) is 0 Å². The van der Waals surface area contributed by atoms with Gasteiger partial charge < -0.3 is 10.7 Å². The lowest BCUT2D eigenvalue weighted by Gasteiger charge is -2.04. The molecule has 6 heteroatoms. The number of para-hydroxylation sites is 1. The second-order valence-corrected chi connectivity index (χ2v) is 4.62. The first-order valence-electron chi connectivity index (χ1n) is 6.42. The number of hydrogen-bond acceptors (Lipinski definition) is 4. The predicted octanol–water partition coefficient (Wildman–Crippen LogP) is 1.47. The average Bonchev–Trinajstić information content (AvgIpc) is 2.74. The summed E-state index contributed by atoms with van der Waals surface area (Å²) in [6.07, 6.45) is 0.719. The largest absolute Gasteiger partial charge is 0.383 e. The molecule has 0 aliphatic carbocycles. The van der Waals surface area contributed by atoms with E-state index in [0.717, 1.165) is 12.1 Å². The third-order valence-corrected chi connectivity index (χ3v) is 3.35. The van der Waals surface area contributed by atoms with Crippen molar-refractivity contribution in [3.63, 3.8) is 0 Å². The van der Waals surface area contributed by atoms with Gasteiger partial charge in [-0.2, -0.15) is 5.10 Å². The summed E-state index contributed by atoms with van der Waals surface area (Å²) in [5.41, 5.74) is 8.05. The quantitative estimate of drug-likeness (QED) is 0.737. The second kappa shape index (κ2) is 4.48. The van der Waals surface area contributed by atoms with Crippen molar-refractivity contribution in [3.8, 4) is 11.4 Å². The van der Waals surface area contributed by atoms with E-state index in [1.54, 1.807) is 17.8 Å². The third kappa shape index (κ3) is 1.77. The second-order valence-electron chi connectivity index (χ2n) is 4.62. The molecule has 0 saturated heterocycles. The van der Waals surface area contributed by atoms with Crippen molar-refractivity contribution in [1.82, 2.24) is 19.7 Å². The summed E-state index contributed by atoms with van der Waals surface area (Å²) >= 11 is 0. The van der Waals surface area contributed by atoms with Crippen LogP contribution < -0.4 is 11.3 Å². The van der Waals surface area contributed by atoms with E-state index >= 15 is 0 Å². The fourth-order valence-electron chi connectivity index (χ4n) is 2.30. The summed E-state index contributed by atoms with van der Waals surface area (Å²) in [7, 11) is 1.77. The Morgan fingerprint density at radius 2 is 2.10 bits per heavy atom. The van der Waals surface area contributed by atoms with Crippen molar-refractivity contribution in [2.75, 3.05) is 5.73 Å². The molecule has 2 aromatic heterocycles. The van der Waals surface area contributed by atoms with Crippen LogP contribution in [-0.2, 0) is 13.5 Å². The molecule has 0 saturated carbocycles. The number of nitrogens with zero attached hydrogens (tertiary/aromatic N) is 3. The lowest BCUT2D eigenvalue weighted by atomic mass is 10.1. The minimum absolute atomic E-state index is 0.170. The Bertz CT molecular complexity index is 846. The van der Waals surface area contributed by atoms with Crippen molar-refractivity contribution in [2.45, 2.75) is 13.3 Å². The third-order valence-electron chi connectivity index (χ3n) is 3.35. The van der Waals surface area contributed by atoms with Crippen LogP contribution in [0.4, 0.5) is 5.82 Å². The molecule has 3 aromatic rings. The average molecular weight is 269 g/mol. The van der Waals surface area contributed by atoms with E-state index in [4.69, 9.17) is 5.73 Å². The molecule has 2 heterocycles. The van der Waals surface area contributed by atoms with Gasteiger partial charge in [-0.15, -0.1) is 0 Å². The van der Waals surface area contributed by atoms with Crippen molar-refractivity contribution < 1.29 is 0 Å². The van der Waals surface area contributed by atoms with Gasteiger partial charge in [-0.25, -0.2) is 4.98 Å². The Kier molecular flexibility index (Phi) is 2.78. The van der Waals surface area contributed by atoms with Gasteiger partial charge in [0.05, 0.1) is 22.2 Å². The molecule has 102 valence electrons. The minimum atomic E-state index is -0.170. The number of H-pyrrole nitrogens is 1. The van der Waals surface area contributed by atoms with Crippen LogP contribution in [-0.4, -0.2) is 19.7 Å². The van der Waals surface area contributed by atoms with Gasteiger partial charge in [0.25, 0.3) is 5.56 Å². The van der Waals surface area contributed by atoms with E-state index in [1.165, 1.54) is 0 Å². The van der Waals surface area contributed by atoms with Crippen molar-refractivity contribution >= 4 is 16.7 Å². The Labute approximate surface area is 115 Å². The molecular formula is C14H15N5O. The van der Waals surface area contributed by atoms with Gasteiger partial charge >= 0.3 is 0 Å². The van der Waals surface area contributed by atoms with Crippen LogP contribution in [0.5, 0.6) is 0 Å². The molecule has 0 atom stereocenters. The molecule has 3 rings (SSSR count). The van der Waals surface area contributed by atoms with Gasteiger partial charge in [0.1, 0.15) is 11.6 Å². The number of nitrogen functional groups attached to an aromatic ring is 1. The molecular weight excluding hydrogens is 254 g/mol. The topological polar surface area (TPSA) is 89.6 Å². The standard InChI is InChI=1S/C14H15N5O/c1-3-9-11(12(15)19(2)18-9)13-16-10-7-5-4-6-8(10)14(20)17-13/h4-7H,3,15H2,1-2H3,(H,16,17,20). The van der Waals surface area contributed by atoms with Crippen LogP contribution >= 0.6 is 0 Å². The monoisotopic (exact) mass is 269 g/mol. The number of aryl methyl sites for hydroxylation is 2. The smallest absolute Gasteiger partial charge is 0.259 e. The highest BCUT2D eigenvalue weighted by atomic mass is 16.1. The predicted molar refractivity (Wildman–Crippen MR) is 78.4 cm³/mol. The van der Waals surface area contributed by atoms with E-state index in [2.05, 4.69) is 15.1 Å². The van der Waals surface area contributed by atoms with Gasteiger partial charge in [0.2, 0.25) is 0 Å². The fraction of sp³-hybridized carbons (Fsp3) is 0.214. The van der Waals surface area contributed by atoms with Crippen LogP contribution in [0.2, 0.25) is 0 Å². The molecule has 1 aromatic carbocycles. The van der Waals surface area contributed by atoms with Gasteiger partial charge in [-0.3, -0.25) is 9.48 Å². The molecule has 0 radical (unpaired) electrons. The Morgan fingerprint density at radius 3 is 2.85 bits per heavy atom. The Balaban J connectivity index is 2.33. The first kappa shape index (κ1) is 12.4. The highest BCUT2D eigenvalue weighted by Gasteiger charge is 2.17. The normalized spacial score (nSPS) is 11.1. The number of anilines is 1. The zero-order chi connectivity index (χ0) is 14.3. The van der Waals surface area contributed by atoms with E-state index < -0.39 is 0 Å². The van der Waals surface area contributed by atoms with Crippen LogP contribution in [0.3, 0.4) is 0 Å². The summed E-state index contributed by atoms with van der Waals surface area (Å²) in [5.74, 6) is 0.969. The Morgan fingerprint density at radius 1 is 1.35 bits per heavy atom. The molecule has 3 N–H and O–H groups in total. The maximum absolute atomic E-state index is 12.1. The highest BCUT2D eigenvalue weighted by molar-refractivity contribution is 5.81.